The molecule has 0 saturated heterocycles. The van der Waals surface area contributed by atoms with Crippen LogP contribution in [-0.2, 0) is 11.3 Å². The molecule has 20 heavy (non-hydrogen) atoms. The second-order valence-electron chi connectivity index (χ2n) is 4.09. The molecule has 0 unspecified atom stereocenters. The van der Waals surface area contributed by atoms with Crippen molar-refractivity contribution >= 4 is 35.2 Å². The van der Waals surface area contributed by atoms with Crippen molar-refractivity contribution in [3.8, 4) is 0 Å². The third-order valence-corrected chi connectivity index (χ3v) is 3.30. The molecule has 1 aromatic heterocycles. The van der Waals surface area contributed by atoms with Gasteiger partial charge in [-0.2, -0.15) is 0 Å². The van der Waals surface area contributed by atoms with Crippen LogP contribution in [0.5, 0.6) is 0 Å². The van der Waals surface area contributed by atoms with Crippen LogP contribution in [0.2, 0.25) is 10.0 Å². The number of rotatable bonds is 4. The van der Waals surface area contributed by atoms with Crippen molar-refractivity contribution in [2.75, 3.05) is 0 Å². The molecule has 1 aromatic carbocycles. The molecule has 102 valence electrons. The molecule has 0 radical (unpaired) electrons. The molecule has 0 saturated carbocycles. The number of hydrogen-bond donors (Lipinski definition) is 1. The molecule has 3 nitrogen and oxygen atoms in total. The lowest BCUT2D eigenvalue weighted by Crippen LogP contribution is -2.20. The molecule has 1 N–H and O–H groups in total. The van der Waals surface area contributed by atoms with Crippen LogP contribution in [0.1, 0.15) is 11.1 Å². The minimum Gasteiger partial charge on any atom is -0.348 e. The smallest absolute Gasteiger partial charge is 0.244 e. The van der Waals surface area contributed by atoms with Gasteiger partial charge in [0.15, 0.2) is 0 Å². The maximum Gasteiger partial charge on any atom is 0.244 e. The van der Waals surface area contributed by atoms with Crippen molar-refractivity contribution in [1.82, 2.24) is 10.3 Å². The van der Waals surface area contributed by atoms with E-state index in [1.54, 1.807) is 36.7 Å². The number of carbonyl (C=O) groups excluding carboxylic acids is 1. The van der Waals surface area contributed by atoms with E-state index in [9.17, 15) is 4.79 Å². The van der Waals surface area contributed by atoms with Gasteiger partial charge < -0.3 is 5.32 Å². The average molecular weight is 307 g/mol. The van der Waals surface area contributed by atoms with Gasteiger partial charge in [-0.05, 0) is 35.4 Å². The van der Waals surface area contributed by atoms with Crippen molar-refractivity contribution in [2.45, 2.75) is 6.54 Å². The first-order chi connectivity index (χ1) is 9.65. The number of carbonyl (C=O) groups is 1. The van der Waals surface area contributed by atoms with Gasteiger partial charge in [0.1, 0.15) is 0 Å². The molecule has 2 rings (SSSR count). The van der Waals surface area contributed by atoms with E-state index < -0.39 is 0 Å². The largest absolute Gasteiger partial charge is 0.348 e. The molecule has 0 bridgehead atoms. The Morgan fingerprint density at radius 2 is 2.10 bits per heavy atom. The zero-order chi connectivity index (χ0) is 14.4. The first kappa shape index (κ1) is 14.6. The fourth-order valence-electron chi connectivity index (χ4n) is 1.54. The Hall–Kier alpha value is -1.84. The van der Waals surface area contributed by atoms with E-state index in [0.717, 1.165) is 11.1 Å². The summed E-state index contributed by atoms with van der Waals surface area (Å²) in [5.41, 5.74) is 1.76. The van der Waals surface area contributed by atoms with Gasteiger partial charge in [0, 0.05) is 25.0 Å². The number of nitrogens with zero attached hydrogens (tertiary/aromatic N) is 1. The minimum atomic E-state index is -0.181. The Labute approximate surface area is 127 Å². The molecule has 0 atom stereocenters. The molecular formula is C15H12Cl2N2O. The molecule has 0 aliphatic rings. The van der Waals surface area contributed by atoms with Crippen LogP contribution in [0.3, 0.4) is 0 Å². The first-order valence-corrected chi connectivity index (χ1v) is 6.70. The molecule has 5 heteroatoms. The van der Waals surface area contributed by atoms with Gasteiger partial charge >= 0.3 is 0 Å². The van der Waals surface area contributed by atoms with E-state index in [0.29, 0.717) is 16.6 Å². The van der Waals surface area contributed by atoms with E-state index >= 15 is 0 Å². The van der Waals surface area contributed by atoms with Gasteiger partial charge in [-0.15, -0.1) is 0 Å². The molecule has 1 amide bonds. The summed E-state index contributed by atoms with van der Waals surface area (Å²) in [6, 6.07) is 8.91. The van der Waals surface area contributed by atoms with Crippen molar-refractivity contribution in [3.63, 3.8) is 0 Å². The van der Waals surface area contributed by atoms with Crippen LogP contribution in [0.4, 0.5) is 0 Å². The summed E-state index contributed by atoms with van der Waals surface area (Å²) < 4.78 is 0. The van der Waals surface area contributed by atoms with Gasteiger partial charge in [-0.25, -0.2) is 0 Å². The summed E-state index contributed by atoms with van der Waals surface area (Å²) in [5, 5.41) is 3.72. The Morgan fingerprint density at radius 1 is 1.25 bits per heavy atom. The Balaban J connectivity index is 1.90. The normalized spacial score (nSPS) is 10.7. The fourth-order valence-corrected chi connectivity index (χ4v) is 1.85. The molecule has 2 aromatic rings. The number of pyridine rings is 1. The number of nitrogens with one attached hydrogen (secondary N) is 1. The molecule has 0 fully saturated rings. The minimum absolute atomic E-state index is 0.181. The monoisotopic (exact) mass is 306 g/mol. The van der Waals surface area contributed by atoms with Crippen LogP contribution in [0, 0.1) is 0 Å². The Morgan fingerprint density at radius 3 is 2.80 bits per heavy atom. The maximum atomic E-state index is 11.7. The third-order valence-electron chi connectivity index (χ3n) is 2.56. The fraction of sp³-hybridized carbons (Fsp3) is 0.0667. The van der Waals surface area contributed by atoms with Crippen LogP contribution in [0.25, 0.3) is 6.08 Å². The maximum absolute atomic E-state index is 11.7. The topological polar surface area (TPSA) is 42.0 Å². The second-order valence-corrected chi connectivity index (χ2v) is 4.90. The van der Waals surface area contributed by atoms with Crippen molar-refractivity contribution in [2.24, 2.45) is 0 Å². The number of aromatic nitrogens is 1. The predicted molar refractivity (Wildman–Crippen MR) is 81.6 cm³/mol. The highest BCUT2D eigenvalue weighted by Gasteiger charge is 1.99. The standard InChI is InChI=1S/C15H12Cl2N2O/c16-13-5-3-11(8-14(13)17)4-6-15(20)19-10-12-2-1-7-18-9-12/h1-9H,10H2,(H,19,20). The molecule has 0 spiro atoms. The van der Waals surface area contributed by atoms with Crippen LogP contribution in [0.15, 0.2) is 48.8 Å². The summed E-state index contributed by atoms with van der Waals surface area (Å²) in [6.45, 7) is 0.443. The average Bonchev–Trinajstić information content (AvgIpc) is 2.47. The van der Waals surface area contributed by atoms with E-state index in [1.165, 1.54) is 6.08 Å². The van der Waals surface area contributed by atoms with E-state index in [2.05, 4.69) is 10.3 Å². The van der Waals surface area contributed by atoms with Gasteiger partial charge in [-0.1, -0.05) is 35.3 Å². The first-order valence-electron chi connectivity index (χ1n) is 5.95. The number of benzene rings is 1. The van der Waals surface area contributed by atoms with Gasteiger partial charge in [0.2, 0.25) is 5.91 Å². The van der Waals surface area contributed by atoms with Gasteiger partial charge in [0.25, 0.3) is 0 Å². The highest BCUT2D eigenvalue weighted by Crippen LogP contribution is 2.22. The van der Waals surface area contributed by atoms with Crippen LogP contribution in [-0.4, -0.2) is 10.9 Å². The highest BCUT2D eigenvalue weighted by atomic mass is 35.5. The number of hydrogen-bond acceptors (Lipinski definition) is 2. The van der Waals surface area contributed by atoms with Crippen molar-refractivity contribution < 1.29 is 4.79 Å². The quantitative estimate of drug-likeness (QED) is 0.875. The van der Waals surface area contributed by atoms with Gasteiger partial charge in [0.05, 0.1) is 10.0 Å². The van der Waals surface area contributed by atoms with E-state index in [1.807, 2.05) is 12.1 Å². The lowest BCUT2D eigenvalue weighted by Gasteiger charge is -2.01. The molecule has 0 aliphatic heterocycles. The highest BCUT2D eigenvalue weighted by molar-refractivity contribution is 6.42. The third kappa shape index (κ3) is 4.37. The summed E-state index contributed by atoms with van der Waals surface area (Å²) in [4.78, 5) is 15.6. The lowest BCUT2D eigenvalue weighted by molar-refractivity contribution is -0.116. The molecule has 1 heterocycles. The van der Waals surface area contributed by atoms with Gasteiger partial charge in [-0.3, -0.25) is 9.78 Å². The second kappa shape index (κ2) is 7.08. The molecule has 0 aliphatic carbocycles. The van der Waals surface area contributed by atoms with Crippen LogP contribution < -0.4 is 5.32 Å². The summed E-state index contributed by atoms with van der Waals surface area (Å²) in [5.74, 6) is -0.181. The van der Waals surface area contributed by atoms with Crippen LogP contribution >= 0.6 is 23.2 Å². The number of amides is 1. The summed E-state index contributed by atoms with van der Waals surface area (Å²) in [7, 11) is 0. The zero-order valence-corrected chi connectivity index (χ0v) is 12.0. The van der Waals surface area contributed by atoms with E-state index in [4.69, 9.17) is 23.2 Å². The lowest BCUT2D eigenvalue weighted by atomic mass is 10.2. The number of halogens is 2. The summed E-state index contributed by atoms with van der Waals surface area (Å²) in [6.07, 6.45) is 6.54. The predicted octanol–water partition coefficient (Wildman–Crippen LogP) is 3.72. The Bertz CT molecular complexity index is 627. The zero-order valence-electron chi connectivity index (χ0n) is 10.5. The van der Waals surface area contributed by atoms with Crippen molar-refractivity contribution in [1.29, 1.82) is 0 Å². The van der Waals surface area contributed by atoms with E-state index in [-0.39, 0.29) is 5.91 Å². The molecular weight excluding hydrogens is 295 g/mol. The summed E-state index contributed by atoms with van der Waals surface area (Å²) >= 11 is 11.7. The SMILES string of the molecule is O=C(C=Cc1ccc(Cl)c(Cl)c1)NCc1cccnc1. The van der Waals surface area contributed by atoms with Crippen molar-refractivity contribution in [3.05, 3.63) is 70.0 Å². The Kier molecular flexibility index (Phi) is 5.16.